The van der Waals surface area contributed by atoms with Crippen LogP contribution in [0.4, 0.5) is 23.7 Å². The second-order valence-corrected chi connectivity index (χ2v) is 9.39. The van der Waals surface area contributed by atoms with Gasteiger partial charge in [0.1, 0.15) is 6.04 Å². The molecule has 4 amide bonds. The van der Waals surface area contributed by atoms with E-state index in [1.165, 1.54) is 11.0 Å². The van der Waals surface area contributed by atoms with Gasteiger partial charge in [0.2, 0.25) is 5.91 Å². The van der Waals surface area contributed by atoms with E-state index < -0.39 is 41.3 Å². The fourth-order valence-electron chi connectivity index (χ4n) is 4.74. The number of hydrogen-bond acceptors (Lipinski definition) is 4. The average Bonchev–Trinajstić information content (AvgIpc) is 3.31. The number of urea groups is 1. The van der Waals surface area contributed by atoms with E-state index in [9.17, 15) is 27.6 Å². The van der Waals surface area contributed by atoms with Crippen LogP contribution in [-0.4, -0.2) is 52.3 Å². The lowest BCUT2D eigenvalue weighted by molar-refractivity contribution is -0.138. The van der Waals surface area contributed by atoms with E-state index >= 15 is 0 Å². The SMILES string of the molecule is CC(C)(C)CC(=O)N1CC2CC1C1C(=O)N(c3ccc(C#N)c(C(F)(F)F)c3)C(=O)N21. The minimum atomic E-state index is -4.81. The van der Waals surface area contributed by atoms with Crippen LogP contribution >= 0.6 is 0 Å². The average molecular weight is 434 g/mol. The minimum Gasteiger partial charge on any atom is -0.335 e. The minimum absolute atomic E-state index is 0.101. The van der Waals surface area contributed by atoms with Gasteiger partial charge in [-0.05, 0) is 30.0 Å². The molecular formula is C21H21F3N4O3. The molecule has 3 atom stereocenters. The van der Waals surface area contributed by atoms with Gasteiger partial charge in [-0.3, -0.25) is 9.59 Å². The van der Waals surface area contributed by atoms with Gasteiger partial charge in [0.25, 0.3) is 5.91 Å². The molecule has 3 saturated heterocycles. The van der Waals surface area contributed by atoms with Gasteiger partial charge in [0.05, 0.1) is 35.0 Å². The van der Waals surface area contributed by atoms with E-state index in [4.69, 9.17) is 5.26 Å². The Labute approximate surface area is 177 Å². The van der Waals surface area contributed by atoms with E-state index in [-0.39, 0.29) is 23.1 Å². The highest BCUT2D eigenvalue weighted by molar-refractivity contribution is 6.22. The Balaban J connectivity index is 1.65. The molecule has 3 aliphatic rings. The van der Waals surface area contributed by atoms with Gasteiger partial charge in [-0.25, -0.2) is 9.69 Å². The van der Waals surface area contributed by atoms with Crippen molar-refractivity contribution in [2.24, 2.45) is 5.41 Å². The number of alkyl halides is 3. The summed E-state index contributed by atoms with van der Waals surface area (Å²) in [4.78, 5) is 42.6. The molecular weight excluding hydrogens is 413 g/mol. The Hall–Kier alpha value is -3.09. The first kappa shape index (κ1) is 21.2. The van der Waals surface area contributed by atoms with Gasteiger partial charge >= 0.3 is 12.2 Å². The van der Waals surface area contributed by atoms with Crippen LogP contribution in [0.2, 0.25) is 0 Å². The lowest BCUT2D eigenvalue weighted by atomic mass is 9.91. The molecule has 3 aliphatic heterocycles. The number of halogens is 3. The normalized spacial score (nSPS) is 25.3. The molecule has 10 heteroatoms. The molecule has 2 bridgehead atoms. The van der Waals surface area contributed by atoms with Crippen molar-refractivity contribution in [1.29, 1.82) is 5.26 Å². The lowest BCUT2D eigenvalue weighted by Crippen LogP contribution is -2.55. The van der Waals surface area contributed by atoms with Gasteiger partial charge in [0.15, 0.2) is 0 Å². The number of benzene rings is 1. The van der Waals surface area contributed by atoms with Crippen LogP contribution in [-0.2, 0) is 15.8 Å². The van der Waals surface area contributed by atoms with E-state index in [0.717, 1.165) is 17.0 Å². The number of fused-ring (bicyclic) bond motifs is 5. The number of rotatable bonds is 2. The van der Waals surface area contributed by atoms with Crippen molar-refractivity contribution in [3.05, 3.63) is 29.3 Å². The Bertz CT molecular complexity index is 1020. The lowest BCUT2D eigenvalue weighted by Gasteiger charge is -2.36. The molecule has 3 fully saturated rings. The molecule has 0 saturated carbocycles. The van der Waals surface area contributed by atoms with Gasteiger partial charge in [-0.1, -0.05) is 20.8 Å². The smallest absolute Gasteiger partial charge is 0.335 e. The summed E-state index contributed by atoms with van der Waals surface area (Å²) in [6, 6.07) is 1.83. The maximum absolute atomic E-state index is 13.3. The van der Waals surface area contributed by atoms with Crippen molar-refractivity contribution in [2.75, 3.05) is 11.4 Å². The number of piperazine rings is 1. The number of anilines is 1. The predicted octanol–water partition coefficient (Wildman–Crippen LogP) is 3.13. The molecule has 0 aliphatic carbocycles. The molecule has 4 rings (SSSR count). The van der Waals surface area contributed by atoms with Crippen LogP contribution in [0.15, 0.2) is 18.2 Å². The number of amides is 4. The first-order valence-electron chi connectivity index (χ1n) is 9.90. The van der Waals surface area contributed by atoms with E-state index in [1.54, 1.807) is 4.90 Å². The van der Waals surface area contributed by atoms with Gasteiger partial charge < -0.3 is 9.80 Å². The molecule has 3 heterocycles. The van der Waals surface area contributed by atoms with Crippen molar-refractivity contribution in [1.82, 2.24) is 9.80 Å². The van der Waals surface area contributed by atoms with Crippen LogP contribution < -0.4 is 4.90 Å². The number of imide groups is 1. The number of carbonyl (C=O) groups is 3. The maximum Gasteiger partial charge on any atom is 0.417 e. The molecule has 164 valence electrons. The summed E-state index contributed by atoms with van der Waals surface area (Å²) >= 11 is 0. The zero-order chi connectivity index (χ0) is 22.9. The van der Waals surface area contributed by atoms with Crippen LogP contribution in [0.5, 0.6) is 0 Å². The zero-order valence-electron chi connectivity index (χ0n) is 17.2. The maximum atomic E-state index is 13.3. The number of nitrogens with zero attached hydrogens (tertiary/aromatic N) is 4. The summed E-state index contributed by atoms with van der Waals surface area (Å²) in [6.45, 7) is 6.10. The van der Waals surface area contributed by atoms with E-state index in [1.807, 2.05) is 20.8 Å². The molecule has 0 spiro atoms. The standard InChI is InChI=1S/C21H21F3N4O3/c1-20(2,3)8-16(29)26-10-13-7-15(26)17-18(30)28(19(31)27(13)17)12-5-4-11(9-25)14(6-12)21(22,23)24/h4-6,13,15,17H,7-8,10H2,1-3H3. The number of nitriles is 1. The highest BCUT2D eigenvalue weighted by atomic mass is 19.4. The topological polar surface area (TPSA) is 84.7 Å². The van der Waals surface area contributed by atoms with Crippen LogP contribution in [0.3, 0.4) is 0 Å². The number of carbonyl (C=O) groups excluding carboxylic acids is 3. The molecule has 1 aromatic rings. The summed E-state index contributed by atoms with van der Waals surface area (Å²) in [5.74, 6) is -0.750. The summed E-state index contributed by atoms with van der Waals surface area (Å²) in [5, 5.41) is 8.97. The first-order valence-corrected chi connectivity index (χ1v) is 9.90. The third-order valence-corrected chi connectivity index (χ3v) is 5.95. The third kappa shape index (κ3) is 3.32. The summed E-state index contributed by atoms with van der Waals surface area (Å²) in [7, 11) is 0. The predicted molar refractivity (Wildman–Crippen MR) is 103 cm³/mol. The van der Waals surface area contributed by atoms with Crippen LogP contribution in [0, 0.1) is 16.7 Å². The Morgan fingerprint density at radius 2 is 1.90 bits per heavy atom. The third-order valence-electron chi connectivity index (χ3n) is 5.95. The summed E-state index contributed by atoms with van der Waals surface area (Å²) in [6.07, 6.45) is -4.04. The molecule has 0 radical (unpaired) electrons. The van der Waals surface area contributed by atoms with E-state index in [0.29, 0.717) is 25.5 Å². The fourth-order valence-corrected chi connectivity index (χ4v) is 4.74. The molecule has 31 heavy (non-hydrogen) atoms. The molecule has 0 aromatic heterocycles. The Morgan fingerprint density at radius 1 is 1.23 bits per heavy atom. The van der Waals surface area contributed by atoms with Gasteiger partial charge in [0, 0.05) is 13.0 Å². The van der Waals surface area contributed by atoms with Crippen LogP contribution in [0.1, 0.15) is 44.7 Å². The quantitative estimate of drug-likeness (QED) is 0.670. The van der Waals surface area contributed by atoms with E-state index in [2.05, 4.69) is 0 Å². The second-order valence-electron chi connectivity index (χ2n) is 9.39. The van der Waals surface area contributed by atoms with Crippen molar-refractivity contribution in [2.45, 2.75) is 57.9 Å². The summed E-state index contributed by atoms with van der Waals surface area (Å²) in [5.41, 5.74) is -2.26. The molecule has 1 aromatic carbocycles. The fraction of sp³-hybridized carbons (Fsp3) is 0.524. The van der Waals surface area contributed by atoms with Gasteiger partial charge in [-0.2, -0.15) is 18.4 Å². The Kier molecular flexibility index (Phi) is 4.57. The Morgan fingerprint density at radius 3 is 2.48 bits per heavy atom. The second kappa shape index (κ2) is 6.70. The summed E-state index contributed by atoms with van der Waals surface area (Å²) < 4.78 is 40.0. The highest BCUT2D eigenvalue weighted by Crippen LogP contribution is 2.44. The zero-order valence-corrected chi connectivity index (χ0v) is 17.2. The van der Waals surface area contributed by atoms with Crippen LogP contribution in [0.25, 0.3) is 0 Å². The first-order chi connectivity index (χ1) is 14.3. The molecule has 0 N–H and O–H groups in total. The number of hydrogen-bond donors (Lipinski definition) is 0. The monoisotopic (exact) mass is 434 g/mol. The van der Waals surface area contributed by atoms with Crippen molar-refractivity contribution >= 4 is 23.5 Å². The molecule has 7 nitrogen and oxygen atoms in total. The van der Waals surface area contributed by atoms with Gasteiger partial charge in [-0.15, -0.1) is 0 Å². The number of likely N-dealkylation sites (tertiary alicyclic amines) is 1. The van der Waals surface area contributed by atoms with Crippen molar-refractivity contribution in [3.8, 4) is 6.07 Å². The largest absolute Gasteiger partial charge is 0.417 e. The van der Waals surface area contributed by atoms with Crippen molar-refractivity contribution < 1.29 is 27.6 Å². The van der Waals surface area contributed by atoms with Crippen molar-refractivity contribution in [3.63, 3.8) is 0 Å². The highest BCUT2D eigenvalue weighted by Gasteiger charge is 2.63. The molecule has 3 unspecified atom stereocenters.